The normalized spacial score (nSPS) is 10.9. The monoisotopic (exact) mass is 617 g/mol. The highest BCUT2D eigenvalue weighted by Crippen LogP contribution is 2.25. The first-order chi connectivity index (χ1) is 21.9. The van der Waals surface area contributed by atoms with Crippen molar-refractivity contribution >= 4 is 46.9 Å². The first-order valence-electron chi connectivity index (χ1n) is 13.9. The van der Waals surface area contributed by atoms with Gasteiger partial charge in [-0.2, -0.15) is 0 Å². The number of carbonyl (C=O) groups is 3. The summed E-state index contributed by atoms with van der Waals surface area (Å²) in [6.45, 7) is 0. The van der Waals surface area contributed by atoms with Gasteiger partial charge in [0.05, 0.1) is 5.75 Å². The summed E-state index contributed by atoms with van der Waals surface area (Å²) in [7, 11) is 0. The second kappa shape index (κ2) is 15.2. The molecule has 224 valence electrons. The van der Waals surface area contributed by atoms with Crippen LogP contribution in [0.4, 0.5) is 15.8 Å². The highest BCUT2D eigenvalue weighted by Gasteiger charge is 2.16. The van der Waals surface area contributed by atoms with Crippen LogP contribution in [-0.4, -0.2) is 23.5 Å². The van der Waals surface area contributed by atoms with Gasteiger partial charge in [0.1, 0.15) is 23.0 Å². The van der Waals surface area contributed by atoms with Gasteiger partial charge in [-0.05, 0) is 78.9 Å². The van der Waals surface area contributed by atoms with Crippen LogP contribution < -0.4 is 20.7 Å². The zero-order chi connectivity index (χ0) is 31.4. The molecule has 0 aliphatic rings. The Hall–Kier alpha value is -5.67. The molecule has 0 saturated heterocycles. The van der Waals surface area contributed by atoms with Crippen LogP contribution in [0.15, 0.2) is 144 Å². The number of rotatable bonds is 11. The largest absolute Gasteiger partial charge is 0.457 e. The van der Waals surface area contributed by atoms with Crippen molar-refractivity contribution in [1.82, 2.24) is 5.32 Å². The number of halogens is 1. The molecule has 5 aromatic rings. The van der Waals surface area contributed by atoms with Gasteiger partial charge in [0.25, 0.3) is 11.8 Å². The fraction of sp³-hybridized carbons (Fsp3) is 0.0278. The molecule has 0 spiro atoms. The third-order valence-electron chi connectivity index (χ3n) is 6.31. The van der Waals surface area contributed by atoms with Crippen molar-refractivity contribution in [2.24, 2.45) is 0 Å². The summed E-state index contributed by atoms with van der Waals surface area (Å²) in [5.74, 6) is -0.387. The van der Waals surface area contributed by atoms with Gasteiger partial charge in [-0.1, -0.05) is 60.7 Å². The van der Waals surface area contributed by atoms with Gasteiger partial charge >= 0.3 is 0 Å². The number of hydrogen-bond acceptors (Lipinski definition) is 5. The summed E-state index contributed by atoms with van der Waals surface area (Å²) in [5.41, 5.74) is 1.43. The van der Waals surface area contributed by atoms with Gasteiger partial charge in [0.2, 0.25) is 5.91 Å². The molecule has 0 unspecified atom stereocenters. The van der Waals surface area contributed by atoms with E-state index >= 15 is 0 Å². The molecule has 0 aromatic heterocycles. The Bertz CT molecular complexity index is 1810. The highest BCUT2D eigenvalue weighted by molar-refractivity contribution is 8.00. The van der Waals surface area contributed by atoms with Crippen LogP contribution >= 0.6 is 11.8 Å². The Kier molecular flexibility index (Phi) is 10.4. The maximum Gasteiger partial charge on any atom is 0.272 e. The number of thioether (sulfide) groups is 1. The van der Waals surface area contributed by atoms with Crippen molar-refractivity contribution in [3.05, 3.63) is 156 Å². The van der Waals surface area contributed by atoms with E-state index in [9.17, 15) is 18.8 Å². The molecule has 5 aromatic carbocycles. The van der Waals surface area contributed by atoms with Crippen LogP contribution in [0.5, 0.6) is 11.5 Å². The lowest BCUT2D eigenvalue weighted by Crippen LogP contribution is -2.30. The Labute approximate surface area is 264 Å². The Morgan fingerprint density at radius 2 is 1.36 bits per heavy atom. The SMILES string of the molecule is O=C(CSc1cccc(NC(=O)/C(=C/c2ccccc2F)NC(=O)c2ccccc2)c1)Nc1ccc(Oc2ccccc2)cc1. The zero-order valence-electron chi connectivity index (χ0n) is 23.9. The lowest BCUT2D eigenvalue weighted by atomic mass is 10.1. The van der Waals surface area contributed by atoms with Gasteiger partial charge in [0, 0.05) is 27.4 Å². The van der Waals surface area contributed by atoms with Crippen molar-refractivity contribution in [1.29, 1.82) is 0 Å². The fourth-order valence-electron chi connectivity index (χ4n) is 4.13. The predicted molar refractivity (Wildman–Crippen MR) is 176 cm³/mol. The number of para-hydroxylation sites is 1. The van der Waals surface area contributed by atoms with Crippen LogP contribution in [0.25, 0.3) is 6.08 Å². The minimum absolute atomic E-state index is 0.130. The van der Waals surface area contributed by atoms with Crippen LogP contribution in [0.1, 0.15) is 15.9 Å². The average molecular weight is 618 g/mol. The number of benzene rings is 5. The Morgan fingerprint density at radius 3 is 2.09 bits per heavy atom. The van der Waals surface area contributed by atoms with Crippen LogP contribution in [0, 0.1) is 5.82 Å². The van der Waals surface area contributed by atoms with Gasteiger partial charge in [-0.3, -0.25) is 14.4 Å². The molecule has 9 heteroatoms. The van der Waals surface area contributed by atoms with Gasteiger partial charge in [-0.15, -0.1) is 11.8 Å². The minimum Gasteiger partial charge on any atom is -0.457 e. The standard InChI is InChI=1S/C36H28FN3O4S/c37-32-17-8-7-12-26(32)22-33(40-35(42)25-10-3-1-4-11-25)36(43)39-28-13-9-16-31(23-28)45-24-34(41)38-27-18-20-30(21-19-27)44-29-14-5-2-6-15-29/h1-23H,24H2,(H,38,41)(H,39,43)(H,40,42)/b33-22-. The lowest BCUT2D eigenvalue weighted by molar-refractivity contribution is -0.114. The van der Waals surface area contributed by atoms with Crippen LogP contribution in [0.2, 0.25) is 0 Å². The summed E-state index contributed by atoms with van der Waals surface area (Å²) in [4.78, 5) is 39.5. The summed E-state index contributed by atoms with van der Waals surface area (Å²) in [5, 5.41) is 8.22. The molecule has 3 amide bonds. The predicted octanol–water partition coefficient (Wildman–Crippen LogP) is 7.76. The van der Waals surface area contributed by atoms with E-state index in [1.807, 2.05) is 36.4 Å². The average Bonchev–Trinajstić information content (AvgIpc) is 3.06. The van der Waals surface area contributed by atoms with Gasteiger partial charge in [0.15, 0.2) is 0 Å². The molecule has 7 nitrogen and oxygen atoms in total. The van der Waals surface area contributed by atoms with Crippen molar-refractivity contribution < 1.29 is 23.5 Å². The quantitative estimate of drug-likeness (QED) is 0.104. The van der Waals surface area contributed by atoms with E-state index in [4.69, 9.17) is 4.74 Å². The highest BCUT2D eigenvalue weighted by atomic mass is 32.2. The minimum atomic E-state index is -0.637. The molecule has 45 heavy (non-hydrogen) atoms. The summed E-state index contributed by atoms with van der Waals surface area (Å²) in [6, 6.07) is 37.8. The molecule has 0 aliphatic heterocycles. The molecule has 0 bridgehead atoms. The summed E-state index contributed by atoms with van der Waals surface area (Å²) < 4.78 is 20.2. The van der Waals surface area contributed by atoms with E-state index in [0.29, 0.717) is 22.7 Å². The number of carbonyl (C=O) groups excluding carboxylic acids is 3. The fourth-order valence-corrected chi connectivity index (χ4v) is 4.88. The molecule has 0 atom stereocenters. The molecule has 0 heterocycles. The zero-order valence-corrected chi connectivity index (χ0v) is 24.7. The van der Waals surface area contributed by atoms with E-state index in [1.165, 1.54) is 36.0 Å². The third-order valence-corrected chi connectivity index (χ3v) is 7.31. The molecule has 3 N–H and O–H groups in total. The first kappa shape index (κ1) is 30.8. The number of hydrogen-bond donors (Lipinski definition) is 3. The van der Waals surface area contributed by atoms with Gasteiger partial charge in [-0.25, -0.2) is 4.39 Å². The van der Waals surface area contributed by atoms with Crippen molar-refractivity contribution in [2.45, 2.75) is 4.90 Å². The number of amides is 3. The van der Waals surface area contributed by atoms with E-state index in [1.54, 1.807) is 78.9 Å². The van der Waals surface area contributed by atoms with E-state index in [2.05, 4.69) is 16.0 Å². The molecule has 0 fully saturated rings. The summed E-state index contributed by atoms with van der Waals surface area (Å²) >= 11 is 1.29. The van der Waals surface area contributed by atoms with Crippen LogP contribution in [-0.2, 0) is 9.59 Å². The van der Waals surface area contributed by atoms with Crippen LogP contribution in [0.3, 0.4) is 0 Å². The van der Waals surface area contributed by atoms with Gasteiger partial charge < -0.3 is 20.7 Å². The molecule has 0 radical (unpaired) electrons. The maximum absolute atomic E-state index is 14.4. The lowest BCUT2D eigenvalue weighted by Gasteiger charge is -2.12. The molecule has 0 aliphatic carbocycles. The number of nitrogens with one attached hydrogen (secondary N) is 3. The molecule has 0 saturated carbocycles. The van der Waals surface area contributed by atoms with Crippen molar-refractivity contribution in [3.8, 4) is 11.5 Å². The van der Waals surface area contributed by atoms with E-state index in [0.717, 1.165) is 10.6 Å². The first-order valence-corrected chi connectivity index (χ1v) is 14.9. The number of anilines is 2. The maximum atomic E-state index is 14.4. The Morgan fingerprint density at radius 1 is 0.689 bits per heavy atom. The summed E-state index contributed by atoms with van der Waals surface area (Å²) in [6.07, 6.45) is 1.29. The smallest absolute Gasteiger partial charge is 0.272 e. The van der Waals surface area contributed by atoms with E-state index < -0.39 is 17.6 Å². The second-order valence-corrected chi connectivity index (χ2v) is 10.7. The molecule has 5 rings (SSSR count). The second-order valence-electron chi connectivity index (χ2n) is 9.66. The number of ether oxygens (including phenoxy) is 1. The van der Waals surface area contributed by atoms with Crippen molar-refractivity contribution in [3.63, 3.8) is 0 Å². The van der Waals surface area contributed by atoms with Crippen molar-refractivity contribution in [2.75, 3.05) is 16.4 Å². The molecular formula is C36H28FN3O4S. The topological polar surface area (TPSA) is 96.5 Å². The Balaban J connectivity index is 1.20. The third kappa shape index (κ3) is 9.16. The van der Waals surface area contributed by atoms with E-state index in [-0.39, 0.29) is 22.9 Å². The molecular weight excluding hydrogens is 589 g/mol.